The van der Waals surface area contributed by atoms with Crippen molar-refractivity contribution in [3.8, 4) is 0 Å². The molecule has 0 nitrogen and oxygen atoms in total. The van der Waals surface area contributed by atoms with Crippen molar-refractivity contribution < 1.29 is 12.3 Å². The van der Waals surface area contributed by atoms with Gasteiger partial charge in [-0.15, -0.1) is 0 Å². The van der Waals surface area contributed by atoms with Crippen LogP contribution in [0.2, 0.25) is 0 Å². The van der Waals surface area contributed by atoms with E-state index in [1.807, 2.05) is 27.7 Å². The quantitative estimate of drug-likeness (QED) is 0.216. The van der Waals surface area contributed by atoms with E-state index in [1.54, 1.807) is 0 Å². The molecule has 22 fully saturated rings. The van der Waals surface area contributed by atoms with Gasteiger partial charge >= 0.3 is 0 Å². The molecule has 0 saturated heterocycles. The monoisotopic (exact) mass is 1140 g/mol. The van der Waals surface area contributed by atoms with Crippen molar-refractivity contribution in [1.29, 1.82) is 0 Å². The summed E-state index contributed by atoms with van der Waals surface area (Å²) < 4.78 is 69.7. The van der Waals surface area contributed by atoms with Crippen LogP contribution in [-0.2, 0) is 0 Å². The first kappa shape index (κ1) is 54.9. The molecule has 22 aliphatic carbocycles. The summed E-state index contributed by atoms with van der Waals surface area (Å²) in [7, 11) is 0. The van der Waals surface area contributed by atoms with Crippen LogP contribution >= 0.6 is 0 Å². The number of hydrogen-bond acceptors (Lipinski definition) is 0. The molecular formula is C82H148. The third-order valence-corrected chi connectivity index (χ3v) is 28.4. The molecule has 0 heterocycles. The summed E-state index contributed by atoms with van der Waals surface area (Å²) in [6.45, 7) is 26.8. The number of rotatable bonds is 9. The van der Waals surface area contributed by atoms with Crippen LogP contribution in [-0.4, -0.2) is 0 Å². The fraction of sp³-hybridized carbons (Fsp3) is 1.00. The predicted molar refractivity (Wildman–Crippen MR) is 360 cm³/mol. The molecule has 0 spiro atoms. The Bertz CT molecular complexity index is 2030. The zero-order valence-electron chi connectivity index (χ0n) is 66.1. The van der Waals surface area contributed by atoms with Crippen LogP contribution in [0.25, 0.3) is 0 Å². The van der Waals surface area contributed by atoms with E-state index >= 15 is 0 Å². The van der Waals surface area contributed by atoms with E-state index in [0.717, 1.165) is 136 Å². The maximum Gasteiger partial charge on any atom is 0.0300 e. The zero-order chi connectivity index (χ0) is 66.1. The van der Waals surface area contributed by atoms with Gasteiger partial charge in [0.05, 0.1) is 0 Å². The highest BCUT2D eigenvalue weighted by atomic mass is 14.6. The lowest BCUT2D eigenvalue weighted by molar-refractivity contribution is -0.107. The molecule has 0 heteroatoms. The Morgan fingerprint density at radius 3 is 0.890 bits per heavy atom. The molecule has 0 amide bonds. The molecule has 0 radical (unpaired) electrons. The first-order valence-electron chi connectivity index (χ1n) is 42.7. The summed E-state index contributed by atoms with van der Waals surface area (Å²) in [4.78, 5) is 0. The summed E-state index contributed by atoms with van der Waals surface area (Å²) in [5, 5.41) is 0. The molecule has 0 N–H and O–H groups in total. The summed E-state index contributed by atoms with van der Waals surface area (Å²) >= 11 is 0. The van der Waals surface area contributed by atoms with E-state index < -0.39 is 0 Å². The Kier molecular flexibility index (Phi) is 21.5. The Morgan fingerprint density at radius 2 is 0.634 bits per heavy atom. The normalized spacial score (nSPS) is 48.4. The van der Waals surface area contributed by atoms with Crippen LogP contribution in [0.3, 0.4) is 0 Å². The van der Waals surface area contributed by atoms with Crippen molar-refractivity contribution in [3.05, 3.63) is 0 Å². The van der Waals surface area contributed by atoms with Crippen molar-refractivity contribution in [2.24, 2.45) is 172 Å². The van der Waals surface area contributed by atoms with Gasteiger partial charge in [0.1, 0.15) is 0 Å². The first-order valence-corrected chi connectivity index (χ1v) is 37.8. The first-order chi connectivity index (χ1) is 42.7. The van der Waals surface area contributed by atoms with Crippen LogP contribution < -0.4 is 0 Å². The topological polar surface area (TPSA) is 0 Å². The van der Waals surface area contributed by atoms with Crippen molar-refractivity contribution in [2.45, 2.75) is 347 Å². The van der Waals surface area contributed by atoms with Gasteiger partial charge in [-0.25, -0.2) is 0 Å². The minimum Gasteiger partial charge on any atom is -0.0651 e. The molecule has 22 rings (SSSR count). The summed E-state index contributed by atoms with van der Waals surface area (Å²) in [6.07, 6.45) is 50.4. The van der Waals surface area contributed by atoms with Crippen molar-refractivity contribution >= 4 is 0 Å². The summed E-state index contributed by atoms with van der Waals surface area (Å²) in [5.41, 5.74) is 0. The molecular weight excluding hydrogens is 985 g/mol. The lowest BCUT2D eigenvalue weighted by Gasteiger charge is -2.60. The van der Waals surface area contributed by atoms with Gasteiger partial charge in [-0.2, -0.15) is 0 Å². The molecule has 22 aliphatic rings. The van der Waals surface area contributed by atoms with Gasteiger partial charge in [-0.3, -0.25) is 0 Å². The van der Waals surface area contributed by atoms with Crippen molar-refractivity contribution in [3.63, 3.8) is 0 Å². The van der Waals surface area contributed by atoms with E-state index in [2.05, 4.69) is 62.3 Å². The Balaban J connectivity index is 0.000000121. The molecule has 12 atom stereocenters. The highest BCUT2D eigenvalue weighted by molar-refractivity contribution is 5.03. The summed E-state index contributed by atoms with van der Waals surface area (Å²) in [6, 6.07) is 0. The minimum atomic E-state index is -0.180. The minimum absolute atomic E-state index is 0.133. The van der Waals surface area contributed by atoms with Gasteiger partial charge in [0.2, 0.25) is 0 Å². The maximum absolute atomic E-state index is 7.95. The van der Waals surface area contributed by atoms with E-state index in [9.17, 15) is 0 Å². The Hall–Kier alpha value is 0. The molecule has 22 saturated carbocycles. The molecule has 12 unspecified atom stereocenters. The zero-order valence-corrected chi connectivity index (χ0v) is 57.1. The van der Waals surface area contributed by atoms with E-state index in [4.69, 9.17) is 12.3 Å². The second kappa shape index (κ2) is 32.1. The van der Waals surface area contributed by atoms with Gasteiger partial charge in [-0.05, 0) is 319 Å². The van der Waals surface area contributed by atoms with Gasteiger partial charge in [0.25, 0.3) is 0 Å². The molecule has 16 bridgehead atoms. The highest BCUT2D eigenvalue weighted by Crippen LogP contribution is 2.62. The molecule has 0 aliphatic heterocycles. The second-order valence-corrected chi connectivity index (χ2v) is 33.9. The van der Waals surface area contributed by atoms with E-state index in [-0.39, 0.29) is 55.6 Å². The van der Waals surface area contributed by atoms with Gasteiger partial charge in [-0.1, -0.05) is 199 Å². The molecule has 0 aromatic heterocycles. The molecule has 476 valence electrons. The van der Waals surface area contributed by atoms with Gasteiger partial charge in [0, 0.05) is 12.3 Å². The molecule has 0 aromatic carbocycles. The van der Waals surface area contributed by atoms with Gasteiger partial charge < -0.3 is 0 Å². The third-order valence-electron chi connectivity index (χ3n) is 28.4. The van der Waals surface area contributed by atoms with E-state index in [0.29, 0.717) is 11.8 Å². The standard InChI is InChI=1S/C12H20.C10H18.3C9H16.C9H18.2C8H14.C8H16/c1-2-12-10-4-8-3-9(6-10)7-11(12)5-8;1-2-9-7-8-3-5-10(9)6-4-8;1-6(2)9-5-7-3-8(9)4-7;1-2-8-5-7-3-4-9(8)6-7;1-2-9-7-3-4-8(9)6-5-7;1-8(2)9-6-4-3-5-7-9;1-5(2)8-6-3-7(8)4-6;1-2-8-6-3-4-7(8)5-6;1-7(2)8-5-3-4-6-8/h8-12H,2-7H2,1H3;8-10H,2-7H2,1H3;6-9H,3-5H2,1-2H3;2*7-9H,2-6H2,1H3;8-9H,3-7H2,1-2H3;5-8H,3-4H2,1-2H3;6-8H,2-5H2,1H3;7-8H,3-6H2,1-2H3/i2*2D;6D;2*2D;8D;5D;2D;7D. The van der Waals surface area contributed by atoms with Crippen molar-refractivity contribution in [1.82, 2.24) is 0 Å². The van der Waals surface area contributed by atoms with Crippen LogP contribution in [0, 0.1) is 172 Å². The number of fused-ring (bicyclic) bond motifs is 9. The lowest BCUT2D eigenvalue weighted by atomic mass is 9.45. The smallest absolute Gasteiger partial charge is 0.0300 e. The predicted octanol–water partition coefficient (Wildman–Crippen LogP) is 25.8. The van der Waals surface area contributed by atoms with Gasteiger partial charge in [0.15, 0.2) is 0 Å². The fourth-order valence-electron chi connectivity index (χ4n) is 23.4. The highest BCUT2D eigenvalue weighted by Gasteiger charge is 2.53. The summed E-state index contributed by atoms with van der Waals surface area (Å²) in [5.74, 6) is 21.6. The number of hydrogen-bond donors (Lipinski definition) is 0. The van der Waals surface area contributed by atoms with Crippen LogP contribution in [0.5, 0.6) is 0 Å². The Labute approximate surface area is 528 Å². The SMILES string of the molecule is [2H]C(C)(C)C1C2CC1C2.[2H]C(C)(C)C1CC2CC1C2.[2H]C(C)(C)C1CCCC1.[2H]C(C)(C)C1CCCCC1.[2H]C(C)C1C2CC3CC(C2)CC1C3.[2H]C(C)C1C2CCC1C2.[2H]C(C)C1C2CCC1CC2.[2H]C(C)C1CC2CCC1C2.[2H]C(C)C1CC2CCC1CC2. The third kappa shape index (κ3) is 17.1. The van der Waals surface area contributed by atoms with E-state index in [1.165, 1.54) is 225 Å². The van der Waals surface area contributed by atoms with Crippen LogP contribution in [0.15, 0.2) is 0 Å². The lowest BCUT2D eigenvalue weighted by Crippen LogP contribution is -2.52. The Morgan fingerprint density at radius 1 is 0.268 bits per heavy atom. The molecule has 0 aromatic rings. The second-order valence-electron chi connectivity index (χ2n) is 33.9. The maximum atomic E-state index is 7.95. The van der Waals surface area contributed by atoms with Crippen molar-refractivity contribution in [2.75, 3.05) is 0 Å². The van der Waals surface area contributed by atoms with Crippen LogP contribution in [0.4, 0.5) is 0 Å². The fourth-order valence-corrected chi connectivity index (χ4v) is 23.4. The van der Waals surface area contributed by atoms with Crippen LogP contribution in [0.1, 0.15) is 359 Å². The largest absolute Gasteiger partial charge is 0.0651 e. The average Bonchev–Trinajstić information content (AvgIpc) is 1.17. The average molecular weight is 1140 g/mol. The molecule has 82 heavy (non-hydrogen) atoms.